The molecule has 0 aromatic carbocycles. The molecule has 0 saturated heterocycles. The molecule has 5 aliphatic carbocycles. The van der Waals surface area contributed by atoms with Crippen LogP contribution in [0.2, 0.25) is 0 Å². The number of rotatable bonds is 9. The van der Waals surface area contributed by atoms with Crippen molar-refractivity contribution in [3.8, 4) is 0 Å². The number of carbonyl (C=O) groups is 3. The van der Waals surface area contributed by atoms with Crippen molar-refractivity contribution in [2.24, 2.45) is 50.7 Å². The number of hydrogen-bond acceptors (Lipinski definition) is 7. The first kappa shape index (κ1) is 33.6. The lowest BCUT2D eigenvalue weighted by Crippen LogP contribution is -2.66. The standard InChI is InChI=1S/C37H58O7/c1-23(2)30-26(39)22-37(32(40)43-21-20-42-19-18-41-9)17-16-35(7)25(31(30)37)10-11-28-34(6)14-13-29(44-24(3)38)33(4,5)27(34)12-15-36(28,35)8/h23,25,27-29H,10-22H2,1-9H3/t25-,27+,28-,29+,34+,35-,36-,37-/m1/s1. The Morgan fingerprint density at radius 3 is 2.20 bits per heavy atom. The van der Waals surface area contributed by atoms with E-state index >= 15 is 0 Å². The van der Waals surface area contributed by atoms with Crippen LogP contribution in [0.1, 0.15) is 113 Å². The summed E-state index contributed by atoms with van der Waals surface area (Å²) < 4.78 is 22.4. The molecule has 0 aromatic heterocycles. The fraction of sp³-hybridized carbons (Fsp3) is 0.865. The third-order valence-electron chi connectivity index (χ3n) is 14.0. The van der Waals surface area contributed by atoms with E-state index in [1.54, 1.807) is 7.11 Å². The molecule has 0 bridgehead atoms. The molecule has 5 rings (SSSR count). The van der Waals surface area contributed by atoms with Crippen LogP contribution >= 0.6 is 0 Å². The molecule has 5 aliphatic rings. The molecule has 8 atom stereocenters. The maximum absolute atomic E-state index is 14.0. The number of Topliss-reactive ketones (excluding diaryl/α,β-unsaturated/α-hetero) is 1. The molecule has 44 heavy (non-hydrogen) atoms. The third-order valence-corrected chi connectivity index (χ3v) is 14.0. The van der Waals surface area contributed by atoms with Gasteiger partial charge in [0.05, 0.1) is 25.2 Å². The zero-order chi connectivity index (χ0) is 32.3. The maximum Gasteiger partial charge on any atom is 0.316 e. The van der Waals surface area contributed by atoms with Crippen molar-refractivity contribution in [1.82, 2.24) is 0 Å². The molecule has 0 aromatic rings. The molecule has 0 amide bonds. The highest BCUT2D eigenvalue weighted by Gasteiger charge is 2.71. The molecular formula is C37H58O7. The van der Waals surface area contributed by atoms with Gasteiger partial charge in [-0.2, -0.15) is 0 Å². The van der Waals surface area contributed by atoms with Crippen molar-refractivity contribution in [2.75, 3.05) is 33.5 Å². The van der Waals surface area contributed by atoms with Crippen LogP contribution in [-0.4, -0.2) is 57.4 Å². The van der Waals surface area contributed by atoms with E-state index in [4.69, 9.17) is 18.9 Å². The first-order chi connectivity index (χ1) is 20.6. The van der Waals surface area contributed by atoms with E-state index in [1.807, 2.05) is 0 Å². The van der Waals surface area contributed by atoms with Crippen molar-refractivity contribution in [3.63, 3.8) is 0 Å². The molecule has 0 unspecified atom stereocenters. The maximum atomic E-state index is 14.0. The van der Waals surface area contributed by atoms with Crippen molar-refractivity contribution in [1.29, 1.82) is 0 Å². The Labute approximate surface area is 265 Å². The van der Waals surface area contributed by atoms with Crippen LogP contribution in [0.25, 0.3) is 0 Å². The monoisotopic (exact) mass is 614 g/mol. The molecule has 4 fully saturated rings. The lowest BCUT2D eigenvalue weighted by molar-refractivity contribution is -0.233. The molecule has 0 N–H and O–H groups in total. The Kier molecular flexibility index (Phi) is 9.03. The van der Waals surface area contributed by atoms with Crippen molar-refractivity contribution in [2.45, 2.75) is 119 Å². The van der Waals surface area contributed by atoms with Crippen LogP contribution in [0.4, 0.5) is 0 Å². The van der Waals surface area contributed by atoms with Crippen LogP contribution in [0.5, 0.6) is 0 Å². The topological polar surface area (TPSA) is 88.1 Å². The highest BCUT2D eigenvalue weighted by atomic mass is 16.6. The van der Waals surface area contributed by atoms with Crippen LogP contribution in [0.15, 0.2) is 11.1 Å². The van der Waals surface area contributed by atoms with Gasteiger partial charge in [-0.1, -0.05) is 48.5 Å². The highest BCUT2D eigenvalue weighted by Crippen LogP contribution is 2.76. The summed E-state index contributed by atoms with van der Waals surface area (Å²) in [4.78, 5) is 39.8. The van der Waals surface area contributed by atoms with Crippen LogP contribution in [0, 0.1) is 50.7 Å². The van der Waals surface area contributed by atoms with Crippen molar-refractivity contribution in [3.05, 3.63) is 11.1 Å². The van der Waals surface area contributed by atoms with Gasteiger partial charge in [-0.05, 0) is 102 Å². The van der Waals surface area contributed by atoms with Gasteiger partial charge in [0.2, 0.25) is 0 Å². The lowest BCUT2D eigenvalue weighted by atomic mass is 9.33. The Balaban J connectivity index is 1.46. The number of ketones is 1. The van der Waals surface area contributed by atoms with E-state index in [2.05, 4.69) is 48.5 Å². The van der Waals surface area contributed by atoms with E-state index in [1.165, 1.54) is 6.92 Å². The van der Waals surface area contributed by atoms with Crippen molar-refractivity contribution >= 4 is 17.7 Å². The van der Waals surface area contributed by atoms with E-state index in [0.717, 1.165) is 56.1 Å². The Hall–Kier alpha value is -1.73. The highest BCUT2D eigenvalue weighted by molar-refractivity contribution is 6.06. The summed E-state index contributed by atoms with van der Waals surface area (Å²) in [6, 6.07) is 0. The van der Waals surface area contributed by atoms with Gasteiger partial charge in [-0.25, -0.2) is 0 Å². The SMILES string of the molecule is COCCOCCOC(=O)[C@@]12CC[C@]3(C)[C@H](CC[C@@H]4[C@@]5(C)CC[C@H](OC(C)=O)C(C)(C)[C@@H]5CC[C@]43C)C1=C(C(C)C)C(=O)C2. The molecule has 0 heterocycles. The van der Waals surface area contributed by atoms with E-state index in [-0.39, 0.29) is 70.3 Å². The minimum atomic E-state index is -0.845. The first-order valence-electron chi connectivity index (χ1n) is 17.3. The molecule has 248 valence electrons. The number of carbonyl (C=O) groups excluding carboxylic acids is 3. The molecule has 0 spiro atoms. The predicted molar refractivity (Wildman–Crippen MR) is 169 cm³/mol. The zero-order valence-electron chi connectivity index (χ0n) is 28.9. The summed E-state index contributed by atoms with van der Waals surface area (Å²) >= 11 is 0. The molecule has 7 heteroatoms. The second-order valence-electron chi connectivity index (χ2n) is 16.5. The second kappa shape index (κ2) is 11.8. The molecular weight excluding hydrogens is 556 g/mol. The normalized spacial score (nSPS) is 41.0. The first-order valence-corrected chi connectivity index (χ1v) is 17.3. The zero-order valence-corrected chi connectivity index (χ0v) is 28.9. The predicted octanol–water partition coefficient (Wildman–Crippen LogP) is 7.11. The van der Waals surface area contributed by atoms with Gasteiger partial charge in [-0.15, -0.1) is 0 Å². The minimum Gasteiger partial charge on any atom is -0.463 e. The van der Waals surface area contributed by atoms with Gasteiger partial charge in [0.1, 0.15) is 12.7 Å². The van der Waals surface area contributed by atoms with Crippen LogP contribution < -0.4 is 0 Å². The molecule has 0 radical (unpaired) electrons. The smallest absolute Gasteiger partial charge is 0.316 e. The average molecular weight is 615 g/mol. The lowest BCUT2D eigenvalue weighted by Gasteiger charge is -2.72. The van der Waals surface area contributed by atoms with Gasteiger partial charge in [0.15, 0.2) is 5.78 Å². The molecule has 7 nitrogen and oxygen atoms in total. The van der Waals surface area contributed by atoms with Gasteiger partial charge < -0.3 is 18.9 Å². The third kappa shape index (κ3) is 4.93. The number of ether oxygens (including phenoxy) is 4. The Morgan fingerprint density at radius 1 is 0.841 bits per heavy atom. The van der Waals surface area contributed by atoms with Crippen LogP contribution in [-0.2, 0) is 33.3 Å². The van der Waals surface area contributed by atoms with E-state index in [9.17, 15) is 14.4 Å². The van der Waals surface area contributed by atoms with Gasteiger partial charge in [0, 0.05) is 25.9 Å². The summed E-state index contributed by atoms with van der Waals surface area (Å²) in [5, 5.41) is 0. The fourth-order valence-corrected chi connectivity index (χ4v) is 11.8. The summed E-state index contributed by atoms with van der Waals surface area (Å²) in [5.74, 6) is 1.01. The van der Waals surface area contributed by atoms with Gasteiger partial charge >= 0.3 is 11.9 Å². The number of esters is 2. The minimum absolute atomic E-state index is 0.0199. The Morgan fingerprint density at radius 2 is 1.55 bits per heavy atom. The quantitative estimate of drug-likeness (QED) is 0.202. The summed E-state index contributed by atoms with van der Waals surface area (Å²) in [7, 11) is 1.63. The Bertz CT molecular complexity index is 1190. The summed E-state index contributed by atoms with van der Waals surface area (Å²) in [6.07, 6.45) is 8.11. The van der Waals surface area contributed by atoms with Crippen molar-refractivity contribution < 1.29 is 33.3 Å². The number of allylic oxidation sites excluding steroid dienone is 1. The fourth-order valence-electron chi connectivity index (χ4n) is 11.8. The van der Waals surface area contributed by atoms with E-state index in [0.29, 0.717) is 38.1 Å². The largest absolute Gasteiger partial charge is 0.463 e. The number of hydrogen-bond donors (Lipinski definition) is 0. The van der Waals surface area contributed by atoms with Gasteiger partial charge in [0.25, 0.3) is 0 Å². The number of methoxy groups -OCH3 is 1. The van der Waals surface area contributed by atoms with Crippen LogP contribution in [0.3, 0.4) is 0 Å². The average Bonchev–Trinajstić information content (AvgIpc) is 3.25. The number of fused-ring (bicyclic) bond motifs is 7. The molecule has 0 aliphatic heterocycles. The summed E-state index contributed by atoms with van der Waals surface area (Å²) in [5.41, 5.74) is 1.31. The summed E-state index contributed by atoms with van der Waals surface area (Å²) in [6.45, 7) is 19.5. The van der Waals surface area contributed by atoms with E-state index < -0.39 is 5.41 Å². The molecule has 4 saturated carbocycles. The van der Waals surface area contributed by atoms with Gasteiger partial charge in [-0.3, -0.25) is 14.4 Å². The second-order valence-corrected chi connectivity index (χ2v) is 16.5.